The number of likely N-dealkylation sites (N-methyl/N-ethyl adjacent to an activating group) is 1. The molecule has 0 amide bonds. The molecular formula is C62H82N6O7. The van der Waals surface area contributed by atoms with Crippen LogP contribution in [0.1, 0.15) is 150 Å². The first-order chi connectivity index (χ1) is 36.2. The summed E-state index contributed by atoms with van der Waals surface area (Å²) in [7, 11) is 1.96. The Morgan fingerprint density at radius 1 is 1.01 bits per heavy atom. The second-order valence-electron chi connectivity index (χ2n) is 25.2. The first-order valence-electron chi connectivity index (χ1n) is 29.0. The van der Waals surface area contributed by atoms with Gasteiger partial charge in [-0.05, 0) is 185 Å². The maximum atomic E-state index is 16.2. The molecule has 13 nitrogen and oxygen atoms in total. The molecule has 13 rings (SSSR count). The number of hydrogen-bond acceptors (Lipinski definition) is 13. The molecule has 6 aliphatic carbocycles. The Labute approximate surface area is 443 Å². The lowest BCUT2D eigenvalue weighted by atomic mass is 9.46. The Kier molecular flexibility index (Phi) is 13.4. The van der Waals surface area contributed by atoms with Crippen molar-refractivity contribution in [2.75, 3.05) is 26.7 Å². The fourth-order valence-electron chi connectivity index (χ4n) is 17.3. The molecule has 6 heterocycles. The summed E-state index contributed by atoms with van der Waals surface area (Å²) in [6.45, 7) is 7.56. The second kappa shape index (κ2) is 19.7. The lowest BCUT2D eigenvalue weighted by molar-refractivity contribution is -0.183. The van der Waals surface area contributed by atoms with E-state index in [4.69, 9.17) is 15.2 Å². The number of hydrogen-bond donors (Lipinski definition) is 8. The van der Waals surface area contributed by atoms with Crippen molar-refractivity contribution >= 4 is 17.5 Å². The number of esters is 1. The summed E-state index contributed by atoms with van der Waals surface area (Å²) < 4.78 is 14.1. The number of ketones is 2. The summed E-state index contributed by atoms with van der Waals surface area (Å²) >= 11 is 0. The normalized spacial score (nSPS) is 40.7. The van der Waals surface area contributed by atoms with E-state index >= 15 is 14.4 Å². The molecule has 402 valence electrons. The quantitative estimate of drug-likeness (QED) is 0.0473. The van der Waals surface area contributed by atoms with Gasteiger partial charge in [0.25, 0.3) is 5.60 Å². The third-order valence-corrected chi connectivity index (χ3v) is 20.9. The van der Waals surface area contributed by atoms with Gasteiger partial charge < -0.3 is 52.0 Å². The largest absolute Gasteiger partial charge is 0.459 e. The number of carbonyl (C=O) groups excluding carboxylic acids is 3. The maximum Gasteiger partial charge on any atom is 0.350 e. The first-order valence-corrected chi connectivity index (χ1v) is 29.0. The molecule has 12 aliphatic rings. The van der Waals surface area contributed by atoms with Crippen LogP contribution in [-0.2, 0) is 20.7 Å². The number of rotatable bonds is 11. The molecule has 0 aromatic heterocycles. The zero-order chi connectivity index (χ0) is 52.0. The predicted octanol–water partition coefficient (Wildman–Crippen LogP) is 7.39. The van der Waals surface area contributed by atoms with E-state index < -0.39 is 46.5 Å². The molecule has 1 unspecified atom stereocenters. The van der Waals surface area contributed by atoms with Crippen molar-refractivity contribution in [1.29, 1.82) is 0 Å². The van der Waals surface area contributed by atoms with Crippen LogP contribution in [-0.4, -0.2) is 95.8 Å². The number of nitrogens with one attached hydrogen (secondary N) is 5. The van der Waals surface area contributed by atoms with Crippen LogP contribution in [0.5, 0.6) is 0 Å². The van der Waals surface area contributed by atoms with Gasteiger partial charge in [0.05, 0.1) is 25.0 Å². The molecule has 1 aromatic rings. The molecule has 6 aliphatic heterocycles. The van der Waals surface area contributed by atoms with Crippen LogP contribution in [0.2, 0.25) is 0 Å². The Morgan fingerprint density at radius 3 is 2.67 bits per heavy atom. The van der Waals surface area contributed by atoms with E-state index in [9.17, 15) is 10.2 Å². The molecule has 0 radical (unpaired) electrons. The number of epoxide rings is 1. The number of ether oxygens (including phenoxy) is 2. The first kappa shape index (κ1) is 51.1. The molecule has 1 saturated heterocycles. The van der Waals surface area contributed by atoms with E-state index in [0.29, 0.717) is 55.6 Å². The van der Waals surface area contributed by atoms with Gasteiger partial charge in [0.15, 0.2) is 11.4 Å². The molecular weight excluding hydrogens is 941 g/mol. The van der Waals surface area contributed by atoms with E-state index in [0.717, 1.165) is 106 Å². The Bertz CT molecular complexity index is 2740. The fourth-order valence-corrected chi connectivity index (χ4v) is 17.3. The summed E-state index contributed by atoms with van der Waals surface area (Å²) in [5.74, 6) is 0.750. The highest BCUT2D eigenvalue weighted by molar-refractivity contribution is 6.33. The van der Waals surface area contributed by atoms with Gasteiger partial charge in [-0.3, -0.25) is 9.59 Å². The van der Waals surface area contributed by atoms with Crippen LogP contribution < -0.4 is 32.3 Å². The van der Waals surface area contributed by atoms with Gasteiger partial charge in [-0.25, -0.2) is 4.79 Å². The highest BCUT2D eigenvalue weighted by Gasteiger charge is 2.86. The van der Waals surface area contributed by atoms with Gasteiger partial charge in [-0.2, -0.15) is 0 Å². The Balaban J connectivity index is 0.974. The number of allylic oxidation sites excluding steroid dienone is 8. The highest BCUT2D eigenvalue weighted by Crippen LogP contribution is 2.64. The minimum absolute atomic E-state index is 0.113. The second-order valence-corrected chi connectivity index (χ2v) is 25.2. The van der Waals surface area contributed by atoms with Crippen molar-refractivity contribution in [3.8, 4) is 0 Å². The SMILES string of the molecule is CCN[C@]12C=C3C=CC[C@@H]4[C@@H]5CCC[C@@](C)(CC6=CNC(N)C=C6)Cc6cccc7c6C(=O)[C@]6(O[C@@]6(C/C(CO)=C(\C)CCC6=CCNC8=C6CC[C@@H](NC)N8)C7=O)C(=O)O[C@H]([C@@H]6C[C@@H](O)CC[C@@H]6C1)[C@H]2[C@@H](CC5)[C@H]34. The summed E-state index contributed by atoms with van der Waals surface area (Å²) in [5.41, 5.74) is 9.07. The van der Waals surface area contributed by atoms with Gasteiger partial charge >= 0.3 is 5.97 Å². The molecule has 1 spiro atoms. The Hall–Kier alpha value is -4.63. The molecule has 3 saturated carbocycles. The number of carbonyl (C=O) groups is 3. The monoisotopic (exact) mass is 1020 g/mol. The summed E-state index contributed by atoms with van der Waals surface area (Å²) in [5, 5.41) is 40.6. The van der Waals surface area contributed by atoms with E-state index in [-0.39, 0.29) is 65.6 Å². The summed E-state index contributed by atoms with van der Waals surface area (Å²) in [6.07, 6.45) is 27.9. The molecule has 6 bridgehead atoms. The third kappa shape index (κ3) is 8.51. The average Bonchev–Trinajstić information content (AvgIpc) is 4.24. The van der Waals surface area contributed by atoms with Crippen LogP contribution in [0.25, 0.3) is 0 Å². The molecule has 15 atom stereocenters. The maximum absolute atomic E-state index is 16.2. The number of dihydropyridines is 2. The molecule has 13 heteroatoms. The van der Waals surface area contributed by atoms with Crippen molar-refractivity contribution in [3.05, 3.63) is 117 Å². The van der Waals surface area contributed by atoms with Crippen LogP contribution >= 0.6 is 0 Å². The summed E-state index contributed by atoms with van der Waals surface area (Å²) in [6, 6.07) is 5.58. The number of aliphatic hydroxyl groups is 2. The van der Waals surface area contributed by atoms with Gasteiger partial charge in [-0.15, -0.1) is 0 Å². The Morgan fingerprint density at radius 2 is 1.87 bits per heavy atom. The zero-order valence-corrected chi connectivity index (χ0v) is 44.8. The number of nitrogens with two attached hydrogens (primary N) is 1. The minimum atomic E-state index is -2.26. The van der Waals surface area contributed by atoms with Crippen LogP contribution in [0.3, 0.4) is 0 Å². The lowest BCUT2D eigenvalue weighted by Crippen LogP contribution is -2.68. The van der Waals surface area contributed by atoms with E-state index in [1.807, 2.05) is 38.4 Å². The highest BCUT2D eigenvalue weighted by atomic mass is 16.7. The van der Waals surface area contributed by atoms with Crippen LogP contribution in [0, 0.1) is 46.8 Å². The van der Waals surface area contributed by atoms with Gasteiger partial charge in [0, 0.05) is 47.7 Å². The fraction of sp³-hybridized carbons (Fsp3) is 0.629. The van der Waals surface area contributed by atoms with Gasteiger partial charge in [0.1, 0.15) is 11.9 Å². The minimum Gasteiger partial charge on any atom is -0.459 e. The van der Waals surface area contributed by atoms with Crippen molar-refractivity contribution in [1.82, 2.24) is 26.6 Å². The zero-order valence-electron chi connectivity index (χ0n) is 44.8. The summed E-state index contributed by atoms with van der Waals surface area (Å²) in [4.78, 5) is 48.3. The number of benzene rings is 1. The van der Waals surface area contributed by atoms with Crippen molar-refractivity contribution in [3.63, 3.8) is 0 Å². The number of fused-ring (bicyclic) bond motifs is 7. The smallest absolute Gasteiger partial charge is 0.350 e. The van der Waals surface area contributed by atoms with E-state index in [1.54, 1.807) is 6.07 Å². The van der Waals surface area contributed by atoms with Gasteiger partial charge in [0.2, 0.25) is 5.78 Å². The number of Topliss-reactive ketones (excluding diaryl/α,β-unsaturated/α-hetero) is 2. The standard InChI is InChI=1S/C62H82N6O7/c1-5-67-60-30-39-17-19-43(70)27-48(39)54-53(60)46-20-18-37(44-12-6-10-41(31-60)51(44)46)11-8-25-59(3,28-36-15-22-49(63)66-33-36)29-40-9-7-13-47-52(40)56(72)62(58(73)74-54)61(75-62,55(47)71)32-42(34-69)35(2)14-16-38-24-26-65-57-45(38)21-23-50(64-4)68-57/h6-7,9-10,13,15,22,24,31,33,37,39,43-44,46,48-51,53-54,64-70H,5,8,11-12,14,16-21,23,25-30,32,34,63H2,1-4H3/b42-35-/t37-,39-,43+,44-,46+,48-,49?,50+,51-,53-,54-,59+,60+,61+,62+/m1/s1. The van der Waals surface area contributed by atoms with Crippen molar-refractivity contribution in [2.24, 2.45) is 52.6 Å². The third-order valence-electron chi connectivity index (χ3n) is 20.9. The molecule has 9 N–H and O–H groups in total. The molecule has 4 fully saturated rings. The average molecular weight is 1020 g/mol. The lowest BCUT2D eigenvalue weighted by Gasteiger charge is -2.63. The van der Waals surface area contributed by atoms with Crippen molar-refractivity contribution in [2.45, 2.75) is 171 Å². The van der Waals surface area contributed by atoms with Crippen LogP contribution in [0.15, 0.2) is 100 Å². The molecule has 1 aromatic carbocycles. The number of aliphatic hydroxyl groups excluding tert-OH is 2. The molecule has 75 heavy (non-hydrogen) atoms. The predicted molar refractivity (Wildman–Crippen MR) is 288 cm³/mol. The van der Waals surface area contributed by atoms with E-state index in [2.05, 4.69) is 70.8 Å². The topological polar surface area (TPSA) is 200 Å². The van der Waals surface area contributed by atoms with Crippen molar-refractivity contribution < 1.29 is 34.1 Å². The van der Waals surface area contributed by atoms with E-state index in [1.165, 1.54) is 16.7 Å². The van der Waals surface area contributed by atoms with Crippen LogP contribution in [0.4, 0.5) is 0 Å². The van der Waals surface area contributed by atoms with Gasteiger partial charge in [-0.1, -0.05) is 80.8 Å².